The molecule has 3 atom stereocenters. The van der Waals surface area contributed by atoms with Crippen molar-refractivity contribution in [2.45, 2.75) is 69.4 Å². The number of sulfonamides is 1. The summed E-state index contributed by atoms with van der Waals surface area (Å²) in [5.74, 6) is 0.382. The molecule has 0 radical (unpaired) electrons. The molecule has 10 rings (SSSR count). The summed E-state index contributed by atoms with van der Waals surface area (Å²) in [5.41, 5.74) is 9.22. The molecule has 2 saturated heterocycles. The van der Waals surface area contributed by atoms with Crippen molar-refractivity contribution in [2.75, 3.05) is 31.5 Å². The van der Waals surface area contributed by atoms with E-state index in [1.54, 1.807) is 6.20 Å². The molecular weight excluding hydrogens is 798 g/mol. The zero-order valence-corrected chi connectivity index (χ0v) is 34.7. The van der Waals surface area contributed by atoms with Gasteiger partial charge in [-0.3, -0.25) is 24.3 Å². The summed E-state index contributed by atoms with van der Waals surface area (Å²) in [6, 6.07) is 22.5. The van der Waals surface area contributed by atoms with Gasteiger partial charge in [0.1, 0.15) is 17.3 Å². The lowest BCUT2D eigenvalue weighted by molar-refractivity contribution is -0.122. The predicted molar refractivity (Wildman–Crippen MR) is 231 cm³/mol. The molecule has 1 amide bonds. The molecule has 0 bridgehead atoms. The number of hydrogen-bond acceptors (Lipinski definition) is 11. The van der Waals surface area contributed by atoms with Gasteiger partial charge in [0.15, 0.2) is 11.4 Å². The lowest BCUT2D eigenvalue weighted by Gasteiger charge is -2.25. The van der Waals surface area contributed by atoms with E-state index in [-0.39, 0.29) is 12.1 Å². The highest BCUT2D eigenvalue weighted by Gasteiger charge is 2.41. The number of benzene rings is 3. The number of furan rings is 1. The highest BCUT2D eigenvalue weighted by Crippen LogP contribution is 2.46. The molecule has 60 heavy (non-hydrogen) atoms. The molecule has 1 saturated carbocycles. The summed E-state index contributed by atoms with van der Waals surface area (Å²) >= 11 is 7.27. The second kappa shape index (κ2) is 15.3. The Labute approximate surface area is 353 Å². The largest absolute Gasteiger partial charge is 0.455 e. The standard InChI is InChI=1S/C46H44ClN7O5S/c1-26-33(4-3-7-39(26)51-45-43-28(12-15-49-45)18-27(22-50-43)23-53-16-14-31(55)25-53)35-5-2-6-36(42(35)47)41-20-30-19-37-34(38(21-48)44(30)59-41)10-11-40(37)54-17-13-29(24-54)46(56)52-60(57,58)32-8-9-32/h2-7,12,15,18-20,22,29,31-32,40,55H,8-11,13-14,16-17,23-25H2,1H3,(H,49,51)(H,52,56)/t29-,31-,40-/m1/s1. The first-order chi connectivity index (χ1) is 29.0. The van der Waals surface area contributed by atoms with E-state index in [2.05, 4.69) is 43.0 Å². The van der Waals surface area contributed by atoms with Crippen LogP contribution in [0, 0.1) is 24.2 Å². The average molecular weight is 842 g/mol. The molecule has 2 aliphatic heterocycles. The third kappa shape index (κ3) is 7.10. The van der Waals surface area contributed by atoms with E-state index in [0.717, 1.165) is 81.3 Å². The van der Waals surface area contributed by atoms with Gasteiger partial charge in [0.25, 0.3) is 0 Å². The average Bonchev–Trinajstić information content (AvgIpc) is 3.50. The molecule has 14 heteroatoms. The quantitative estimate of drug-likeness (QED) is 0.123. The Morgan fingerprint density at radius 3 is 2.60 bits per heavy atom. The SMILES string of the molecule is Cc1c(Nc2nccc3cc(CN4CC[C@@H](O)C4)cnc23)cccc1-c1cccc(-c2cc3cc4c(c(C#N)c3o2)CC[C@H]4N2CC[C@@H](C(=O)NS(=O)(=O)C3CC3)C2)c1Cl. The van der Waals surface area contributed by atoms with Crippen LogP contribution in [0.4, 0.5) is 11.5 Å². The van der Waals surface area contributed by atoms with Crippen LogP contribution in [-0.4, -0.2) is 76.7 Å². The second-order valence-electron chi connectivity index (χ2n) is 16.7. The number of fused-ring (bicyclic) bond motifs is 3. The number of carbonyl (C=O) groups excluding carboxylic acids is 1. The van der Waals surface area contributed by atoms with Crippen LogP contribution in [0.1, 0.15) is 66.0 Å². The van der Waals surface area contributed by atoms with E-state index >= 15 is 0 Å². The fourth-order valence-electron chi connectivity index (χ4n) is 9.46. The van der Waals surface area contributed by atoms with Gasteiger partial charge in [-0.2, -0.15) is 5.26 Å². The van der Waals surface area contributed by atoms with Crippen molar-refractivity contribution < 1.29 is 22.7 Å². The Morgan fingerprint density at radius 1 is 0.983 bits per heavy atom. The van der Waals surface area contributed by atoms with Crippen molar-refractivity contribution in [3.63, 3.8) is 0 Å². The summed E-state index contributed by atoms with van der Waals surface area (Å²) in [6.07, 6.45) is 7.49. The minimum atomic E-state index is -3.60. The number of carbonyl (C=O) groups is 1. The van der Waals surface area contributed by atoms with Crippen LogP contribution in [0.15, 0.2) is 77.5 Å². The molecule has 3 aromatic heterocycles. The number of nitriles is 1. The maximum absolute atomic E-state index is 13.0. The molecule has 4 aliphatic rings. The van der Waals surface area contributed by atoms with E-state index in [4.69, 9.17) is 21.0 Å². The fourth-order valence-corrected chi connectivity index (χ4v) is 11.2. The van der Waals surface area contributed by atoms with Gasteiger partial charge < -0.3 is 14.8 Å². The van der Waals surface area contributed by atoms with Gasteiger partial charge >= 0.3 is 0 Å². The number of aliphatic hydroxyl groups excluding tert-OH is 1. The summed E-state index contributed by atoms with van der Waals surface area (Å²) in [6.45, 7) is 5.47. The van der Waals surface area contributed by atoms with Gasteiger partial charge in [0.05, 0.1) is 27.9 Å². The highest BCUT2D eigenvalue weighted by molar-refractivity contribution is 7.90. The van der Waals surface area contributed by atoms with Gasteiger partial charge in [0.2, 0.25) is 15.9 Å². The smallest absolute Gasteiger partial charge is 0.237 e. The summed E-state index contributed by atoms with van der Waals surface area (Å²) < 4.78 is 33.7. The van der Waals surface area contributed by atoms with E-state index in [9.17, 15) is 23.6 Å². The van der Waals surface area contributed by atoms with E-state index in [1.807, 2.05) is 61.7 Å². The number of β-amino-alcohol motifs (C(OH)–C–C–N with tert-alkyl or cyclic N) is 1. The number of rotatable bonds is 10. The minimum Gasteiger partial charge on any atom is -0.455 e. The monoisotopic (exact) mass is 841 g/mol. The van der Waals surface area contributed by atoms with Crippen LogP contribution in [0.5, 0.6) is 0 Å². The summed E-state index contributed by atoms with van der Waals surface area (Å²) in [5, 5.41) is 25.8. The number of anilines is 2. The lowest BCUT2D eigenvalue weighted by atomic mass is 9.96. The van der Waals surface area contributed by atoms with Crippen LogP contribution < -0.4 is 10.0 Å². The Hall–Kier alpha value is -5.36. The third-order valence-corrected chi connectivity index (χ3v) is 15.0. The van der Waals surface area contributed by atoms with Crippen LogP contribution >= 0.6 is 11.6 Å². The molecule has 0 unspecified atom stereocenters. The van der Waals surface area contributed by atoms with Crippen molar-refractivity contribution in [3.05, 3.63) is 106 Å². The summed E-state index contributed by atoms with van der Waals surface area (Å²) in [7, 11) is -3.60. The molecule has 5 heterocycles. The number of aromatic nitrogens is 2. The van der Waals surface area contributed by atoms with Crippen LogP contribution in [0.3, 0.4) is 0 Å². The molecule has 3 N–H and O–H groups in total. The number of halogens is 1. The predicted octanol–water partition coefficient (Wildman–Crippen LogP) is 7.77. The number of hydrogen-bond donors (Lipinski definition) is 3. The number of nitrogens with one attached hydrogen (secondary N) is 2. The maximum atomic E-state index is 13.0. The lowest BCUT2D eigenvalue weighted by Crippen LogP contribution is -2.38. The highest BCUT2D eigenvalue weighted by atomic mass is 35.5. The van der Waals surface area contributed by atoms with Gasteiger partial charge in [-0.15, -0.1) is 0 Å². The molecule has 3 aromatic carbocycles. The molecule has 0 spiro atoms. The van der Waals surface area contributed by atoms with Gasteiger partial charge in [-0.1, -0.05) is 35.9 Å². The van der Waals surface area contributed by atoms with Crippen LogP contribution in [0.25, 0.3) is 44.3 Å². The van der Waals surface area contributed by atoms with Gasteiger partial charge in [0, 0.05) is 72.2 Å². The van der Waals surface area contributed by atoms with Gasteiger partial charge in [-0.25, -0.2) is 13.4 Å². The molecule has 2 aliphatic carbocycles. The molecule has 6 aromatic rings. The topological polar surface area (TPSA) is 165 Å². The zero-order chi connectivity index (χ0) is 41.3. The fraction of sp³-hybridized carbons (Fsp3) is 0.348. The van der Waals surface area contributed by atoms with Crippen molar-refractivity contribution in [1.82, 2.24) is 24.5 Å². The maximum Gasteiger partial charge on any atom is 0.237 e. The zero-order valence-electron chi connectivity index (χ0n) is 33.1. The van der Waals surface area contributed by atoms with Crippen LogP contribution in [-0.2, 0) is 27.8 Å². The second-order valence-corrected chi connectivity index (χ2v) is 19.1. The van der Waals surface area contributed by atoms with Gasteiger partial charge in [-0.05, 0) is 116 Å². The van der Waals surface area contributed by atoms with E-state index in [0.29, 0.717) is 78.6 Å². The first-order valence-corrected chi connectivity index (χ1v) is 22.6. The Bertz CT molecular complexity index is 2870. The normalized spacial score (nSPS) is 20.8. The van der Waals surface area contributed by atoms with Crippen molar-refractivity contribution in [1.29, 1.82) is 5.26 Å². The number of nitrogens with zero attached hydrogens (tertiary/aromatic N) is 5. The molecular formula is C46H44ClN7O5S. The number of amides is 1. The molecule has 12 nitrogen and oxygen atoms in total. The first-order valence-electron chi connectivity index (χ1n) is 20.6. The van der Waals surface area contributed by atoms with Crippen molar-refractivity contribution in [2.24, 2.45) is 5.92 Å². The first kappa shape index (κ1) is 38.8. The number of likely N-dealkylation sites (tertiary alicyclic amines) is 2. The van der Waals surface area contributed by atoms with E-state index < -0.39 is 27.1 Å². The van der Waals surface area contributed by atoms with Crippen molar-refractivity contribution >= 4 is 60.9 Å². The van der Waals surface area contributed by atoms with Crippen LogP contribution in [0.2, 0.25) is 5.02 Å². The minimum absolute atomic E-state index is 0.0106. The Kier molecular flexibility index (Phi) is 9.88. The summed E-state index contributed by atoms with van der Waals surface area (Å²) in [4.78, 5) is 26.9. The molecule has 306 valence electrons. The Morgan fingerprint density at radius 2 is 1.80 bits per heavy atom. The third-order valence-electron chi connectivity index (χ3n) is 12.8. The Balaban J connectivity index is 0.908. The number of pyridine rings is 2. The molecule has 3 fully saturated rings. The van der Waals surface area contributed by atoms with Crippen molar-refractivity contribution in [3.8, 4) is 28.5 Å². The van der Waals surface area contributed by atoms with E-state index in [1.165, 1.54) is 0 Å². The number of aliphatic hydroxyl groups is 1.